The van der Waals surface area contributed by atoms with Crippen LogP contribution in [0, 0.1) is 6.92 Å². The number of nitrogens with zero attached hydrogens (tertiary/aromatic N) is 1. The minimum atomic E-state index is -0.747. The Balaban J connectivity index is 1.77. The Kier molecular flexibility index (Phi) is 4.88. The number of para-hydroxylation sites is 2. The van der Waals surface area contributed by atoms with Crippen molar-refractivity contribution in [2.24, 2.45) is 0 Å². The van der Waals surface area contributed by atoms with Crippen LogP contribution >= 0.6 is 0 Å². The molecule has 1 aliphatic rings. The second kappa shape index (κ2) is 7.25. The summed E-state index contributed by atoms with van der Waals surface area (Å²) in [5, 5.41) is 2.56. The van der Waals surface area contributed by atoms with Gasteiger partial charge < -0.3 is 19.7 Å². The summed E-state index contributed by atoms with van der Waals surface area (Å²) in [6.07, 6.45) is -0.747. The van der Waals surface area contributed by atoms with E-state index in [9.17, 15) is 9.59 Å². The minimum absolute atomic E-state index is 0.113. The molecule has 0 radical (unpaired) electrons. The van der Waals surface area contributed by atoms with Crippen LogP contribution in [0.5, 0.6) is 11.5 Å². The van der Waals surface area contributed by atoms with Crippen molar-refractivity contribution in [1.82, 2.24) is 5.32 Å². The van der Waals surface area contributed by atoms with Gasteiger partial charge in [-0.1, -0.05) is 24.3 Å². The highest BCUT2D eigenvalue weighted by Gasteiger charge is 2.33. The third-order valence-electron chi connectivity index (χ3n) is 3.97. The van der Waals surface area contributed by atoms with E-state index < -0.39 is 6.10 Å². The van der Waals surface area contributed by atoms with Gasteiger partial charge in [0, 0.05) is 7.05 Å². The van der Waals surface area contributed by atoms with Crippen molar-refractivity contribution in [3.05, 3.63) is 54.1 Å². The predicted octanol–water partition coefficient (Wildman–Crippen LogP) is 1.91. The maximum atomic E-state index is 12.7. The molecule has 2 aromatic rings. The molecule has 0 unspecified atom stereocenters. The highest BCUT2D eigenvalue weighted by atomic mass is 16.5. The van der Waals surface area contributed by atoms with Crippen LogP contribution in [0.1, 0.15) is 5.56 Å². The van der Waals surface area contributed by atoms with E-state index in [1.54, 1.807) is 31.3 Å². The Morgan fingerprint density at radius 3 is 2.80 bits per heavy atom. The number of fused-ring (bicyclic) bond motifs is 1. The van der Waals surface area contributed by atoms with Gasteiger partial charge in [0.25, 0.3) is 11.8 Å². The molecule has 0 fully saturated rings. The monoisotopic (exact) mass is 340 g/mol. The molecular formula is C19H20N2O4. The van der Waals surface area contributed by atoms with Gasteiger partial charge in [-0.3, -0.25) is 9.59 Å². The number of rotatable bonds is 4. The van der Waals surface area contributed by atoms with Crippen molar-refractivity contribution in [3.63, 3.8) is 0 Å². The van der Waals surface area contributed by atoms with Crippen LogP contribution in [0.2, 0.25) is 0 Å². The molecule has 1 heterocycles. The quantitative estimate of drug-likeness (QED) is 0.923. The molecule has 0 spiro atoms. The second-order valence-electron chi connectivity index (χ2n) is 5.80. The SMILES string of the molecule is CNC(=O)[C@H]1CN(C(=O)COc2cccc(C)c2)c2ccccc2O1. The van der Waals surface area contributed by atoms with E-state index in [1.165, 1.54) is 4.90 Å². The maximum absolute atomic E-state index is 12.7. The molecular weight excluding hydrogens is 320 g/mol. The van der Waals surface area contributed by atoms with Gasteiger partial charge in [-0.15, -0.1) is 0 Å². The van der Waals surface area contributed by atoms with E-state index in [4.69, 9.17) is 9.47 Å². The summed E-state index contributed by atoms with van der Waals surface area (Å²) in [4.78, 5) is 26.2. The number of anilines is 1. The maximum Gasteiger partial charge on any atom is 0.265 e. The fourth-order valence-corrected chi connectivity index (χ4v) is 2.70. The normalized spacial score (nSPS) is 15.8. The van der Waals surface area contributed by atoms with Gasteiger partial charge in [-0.05, 0) is 36.8 Å². The van der Waals surface area contributed by atoms with E-state index in [0.29, 0.717) is 17.2 Å². The Morgan fingerprint density at radius 2 is 2.04 bits per heavy atom. The number of hydrogen-bond donors (Lipinski definition) is 1. The first-order chi connectivity index (χ1) is 12.1. The first kappa shape index (κ1) is 16.8. The predicted molar refractivity (Wildman–Crippen MR) is 94.0 cm³/mol. The molecule has 0 saturated heterocycles. The second-order valence-corrected chi connectivity index (χ2v) is 5.80. The van der Waals surface area contributed by atoms with Crippen molar-refractivity contribution >= 4 is 17.5 Å². The molecule has 6 nitrogen and oxygen atoms in total. The molecule has 0 aliphatic carbocycles. The Hall–Kier alpha value is -3.02. The number of carbonyl (C=O) groups is 2. The molecule has 0 bridgehead atoms. The lowest BCUT2D eigenvalue weighted by atomic mass is 10.1. The number of nitrogens with one attached hydrogen (secondary N) is 1. The highest BCUT2D eigenvalue weighted by molar-refractivity contribution is 5.98. The van der Waals surface area contributed by atoms with E-state index in [2.05, 4.69) is 5.32 Å². The molecule has 2 amide bonds. The van der Waals surface area contributed by atoms with Gasteiger partial charge in [-0.2, -0.15) is 0 Å². The molecule has 3 rings (SSSR count). The van der Waals surface area contributed by atoms with Crippen molar-refractivity contribution < 1.29 is 19.1 Å². The lowest BCUT2D eigenvalue weighted by Crippen LogP contribution is -2.51. The molecule has 6 heteroatoms. The van der Waals surface area contributed by atoms with Gasteiger partial charge in [0.05, 0.1) is 12.2 Å². The van der Waals surface area contributed by atoms with Crippen LogP contribution in [0.25, 0.3) is 0 Å². The summed E-state index contributed by atoms with van der Waals surface area (Å²) in [6, 6.07) is 14.7. The number of aryl methyl sites for hydroxylation is 1. The van der Waals surface area contributed by atoms with Gasteiger partial charge >= 0.3 is 0 Å². The molecule has 130 valence electrons. The van der Waals surface area contributed by atoms with Crippen LogP contribution < -0.4 is 19.7 Å². The zero-order valence-corrected chi connectivity index (χ0v) is 14.2. The third kappa shape index (κ3) is 3.74. The number of carbonyl (C=O) groups excluding carboxylic acids is 2. The summed E-state index contributed by atoms with van der Waals surface area (Å²) < 4.78 is 11.3. The summed E-state index contributed by atoms with van der Waals surface area (Å²) in [5.41, 5.74) is 1.70. The van der Waals surface area contributed by atoms with Gasteiger partial charge in [0.1, 0.15) is 11.5 Å². The topological polar surface area (TPSA) is 67.9 Å². The van der Waals surface area contributed by atoms with E-state index in [1.807, 2.05) is 31.2 Å². The van der Waals surface area contributed by atoms with E-state index in [-0.39, 0.29) is 25.0 Å². The number of benzene rings is 2. The fourth-order valence-electron chi connectivity index (χ4n) is 2.70. The molecule has 2 aromatic carbocycles. The first-order valence-corrected chi connectivity index (χ1v) is 8.05. The van der Waals surface area contributed by atoms with Crippen LogP contribution in [-0.2, 0) is 9.59 Å². The summed E-state index contributed by atoms with van der Waals surface area (Å²) in [6.45, 7) is 1.99. The molecule has 1 atom stereocenters. The Labute approximate surface area is 146 Å². The van der Waals surface area contributed by atoms with Gasteiger partial charge in [0.2, 0.25) is 0 Å². The largest absolute Gasteiger partial charge is 0.484 e. The minimum Gasteiger partial charge on any atom is -0.484 e. The Bertz CT molecular complexity index is 790. The highest BCUT2D eigenvalue weighted by Crippen LogP contribution is 2.33. The van der Waals surface area contributed by atoms with Crippen LogP contribution in [-0.4, -0.2) is 38.1 Å². The first-order valence-electron chi connectivity index (χ1n) is 8.05. The standard InChI is InChI=1S/C19H20N2O4/c1-13-6-5-7-14(10-13)24-12-18(22)21-11-17(19(23)20-2)25-16-9-4-3-8-15(16)21/h3-10,17H,11-12H2,1-2H3,(H,20,23)/t17-/m1/s1. The summed E-state index contributed by atoms with van der Waals surface area (Å²) >= 11 is 0. The fraction of sp³-hybridized carbons (Fsp3) is 0.263. The summed E-state index contributed by atoms with van der Waals surface area (Å²) in [7, 11) is 1.54. The van der Waals surface area contributed by atoms with Crippen LogP contribution in [0.3, 0.4) is 0 Å². The lowest BCUT2D eigenvalue weighted by Gasteiger charge is -2.33. The van der Waals surface area contributed by atoms with E-state index >= 15 is 0 Å². The number of hydrogen-bond acceptors (Lipinski definition) is 4. The number of likely N-dealkylation sites (N-methyl/N-ethyl adjacent to an activating group) is 1. The molecule has 1 N–H and O–H groups in total. The van der Waals surface area contributed by atoms with Crippen LogP contribution in [0.4, 0.5) is 5.69 Å². The lowest BCUT2D eigenvalue weighted by molar-refractivity contribution is -0.128. The Morgan fingerprint density at radius 1 is 1.24 bits per heavy atom. The van der Waals surface area contributed by atoms with Crippen molar-refractivity contribution in [1.29, 1.82) is 0 Å². The molecule has 1 aliphatic heterocycles. The summed E-state index contributed by atoms with van der Waals surface area (Å²) in [5.74, 6) is 0.641. The average Bonchev–Trinajstić information content (AvgIpc) is 2.64. The van der Waals surface area contributed by atoms with Crippen LogP contribution in [0.15, 0.2) is 48.5 Å². The number of amides is 2. The molecule has 25 heavy (non-hydrogen) atoms. The van der Waals surface area contributed by atoms with E-state index in [0.717, 1.165) is 5.56 Å². The smallest absolute Gasteiger partial charge is 0.265 e. The van der Waals surface area contributed by atoms with Gasteiger partial charge in [-0.25, -0.2) is 0 Å². The van der Waals surface area contributed by atoms with Gasteiger partial charge in [0.15, 0.2) is 12.7 Å². The molecule has 0 aromatic heterocycles. The van der Waals surface area contributed by atoms with Crippen molar-refractivity contribution in [2.45, 2.75) is 13.0 Å². The number of ether oxygens (including phenoxy) is 2. The van der Waals surface area contributed by atoms with Crippen molar-refractivity contribution in [2.75, 3.05) is 25.1 Å². The third-order valence-corrected chi connectivity index (χ3v) is 3.97. The zero-order valence-electron chi connectivity index (χ0n) is 14.2. The van der Waals surface area contributed by atoms with Crippen molar-refractivity contribution in [3.8, 4) is 11.5 Å². The molecule has 0 saturated carbocycles. The average molecular weight is 340 g/mol. The zero-order chi connectivity index (χ0) is 17.8.